The number of anilines is 2. The SMILES string of the molecule is CCNc1ncnc(NCc2ccccc2)c1Br. The van der Waals surface area contributed by atoms with E-state index in [4.69, 9.17) is 0 Å². The van der Waals surface area contributed by atoms with E-state index in [0.29, 0.717) is 0 Å². The van der Waals surface area contributed by atoms with Gasteiger partial charge in [0, 0.05) is 13.1 Å². The Bertz CT molecular complexity index is 502. The summed E-state index contributed by atoms with van der Waals surface area (Å²) in [6, 6.07) is 10.2. The van der Waals surface area contributed by atoms with Crippen LogP contribution in [0.1, 0.15) is 12.5 Å². The Kier molecular flexibility index (Phi) is 4.52. The van der Waals surface area contributed by atoms with Crippen LogP contribution < -0.4 is 10.6 Å². The van der Waals surface area contributed by atoms with Crippen molar-refractivity contribution in [3.63, 3.8) is 0 Å². The molecular formula is C13H15BrN4. The van der Waals surface area contributed by atoms with E-state index < -0.39 is 0 Å². The molecule has 0 spiro atoms. The van der Waals surface area contributed by atoms with E-state index in [2.05, 4.69) is 48.7 Å². The topological polar surface area (TPSA) is 49.8 Å². The zero-order valence-corrected chi connectivity index (χ0v) is 11.7. The van der Waals surface area contributed by atoms with Crippen molar-refractivity contribution >= 4 is 27.6 Å². The van der Waals surface area contributed by atoms with Crippen molar-refractivity contribution in [2.45, 2.75) is 13.5 Å². The number of hydrogen-bond donors (Lipinski definition) is 2. The Hall–Kier alpha value is -1.62. The maximum atomic E-state index is 4.23. The molecule has 94 valence electrons. The van der Waals surface area contributed by atoms with Gasteiger partial charge in [-0.25, -0.2) is 9.97 Å². The zero-order chi connectivity index (χ0) is 12.8. The number of nitrogens with one attached hydrogen (secondary N) is 2. The summed E-state index contributed by atoms with van der Waals surface area (Å²) in [6.45, 7) is 3.60. The minimum absolute atomic E-state index is 0.738. The number of halogens is 1. The lowest BCUT2D eigenvalue weighted by atomic mass is 10.2. The second-order valence-electron chi connectivity index (χ2n) is 3.75. The van der Waals surface area contributed by atoms with E-state index in [1.54, 1.807) is 6.33 Å². The summed E-state index contributed by atoms with van der Waals surface area (Å²) >= 11 is 3.51. The Morgan fingerprint density at radius 2 is 1.72 bits per heavy atom. The highest BCUT2D eigenvalue weighted by molar-refractivity contribution is 9.10. The van der Waals surface area contributed by atoms with Crippen LogP contribution in [0.25, 0.3) is 0 Å². The van der Waals surface area contributed by atoms with Crippen molar-refractivity contribution in [1.82, 2.24) is 9.97 Å². The van der Waals surface area contributed by atoms with Crippen molar-refractivity contribution in [2.24, 2.45) is 0 Å². The van der Waals surface area contributed by atoms with Crippen LogP contribution in [-0.2, 0) is 6.54 Å². The van der Waals surface area contributed by atoms with Crippen molar-refractivity contribution in [3.05, 3.63) is 46.7 Å². The molecule has 2 N–H and O–H groups in total. The van der Waals surface area contributed by atoms with E-state index >= 15 is 0 Å². The fourth-order valence-corrected chi connectivity index (χ4v) is 2.05. The molecule has 0 saturated carbocycles. The molecule has 18 heavy (non-hydrogen) atoms. The van der Waals surface area contributed by atoms with Gasteiger partial charge in [-0.05, 0) is 28.4 Å². The van der Waals surface area contributed by atoms with Crippen LogP contribution in [0.3, 0.4) is 0 Å². The van der Waals surface area contributed by atoms with Gasteiger partial charge in [0.2, 0.25) is 0 Å². The predicted octanol–water partition coefficient (Wildman–Crippen LogP) is 3.28. The van der Waals surface area contributed by atoms with Crippen LogP contribution in [0, 0.1) is 0 Å². The summed E-state index contributed by atoms with van der Waals surface area (Å²) in [4.78, 5) is 8.40. The largest absolute Gasteiger partial charge is 0.369 e. The van der Waals surface area contributed by atoms with E-state index in [1.165, 1.54) is 5.56 Å². The summed E-state index contributed by atoms with van der Waals surface area (Å²) in [7, 11) is 0. The predicted molar refractivity (Wildman–Crippen MR) is 77.7 cm³/mol. The molecule has 0 amide bonds. The smallest absolute Gasteiger partial charge is 0.146 e. The molecule has 0 saturated heterocycles. The molecule has 0 aliphatic rings. The Morgan fingerprint density at radius 1 is 1.06 bits per heavy atom. The van der Waals surface area contributed by atoms with Crippen molar-refractivity contribution in [2.75, 3.05) is 17.2 Å². The normalized spacial score (nSPS) is 10.1. The molecule has 0 atom stereocenters. The van der Waals surface area contributed by atoms with Crippen LogP contribution in [0.4, 0.5) is 11.6 Å². The summed E-state index contributed by atoms with van der Waals surface area (Å²) in [5.41, 5.74) is 1.22. The van der Waals surface area contributed by atoms with Crippen molar-refractivity contribution < 1.29 is 0 Å². The minimum atomic E-state index is 0.738. The van der Waals surface area contributed by atoms with Gasteiger partial charge in [-0.15, -0.1) is 0 Å². The molecule has 4 nitrogen and oxygen atoms in total. The van der Waals surface area contributed by atoms with Crippen LogP contribution in [0.5, 0.6) is 0 Å². The lowest BCUT2D eigenvalue weighted by molar-refractivity contribution is 1.06. The van der Waals surface area contributed by atoms with E-state index in [0.717, 1.165) is 29.2 Å². The monoisotopic (exact) mass is 306 g/mol. The van der Waals surface area contributed by atoms with Crippen LogP contribution in [-0.4, -0.2) is 16.5 Å². The highest BCUT2D eigenvalue weighted by Gasteiger charge is 2.07. The lowest BCUT2D eigenvalue weighted by Crippen LogP contribution is -2.06. The van der Waals surface area contributed by atoms with Crippen LogP contribution >= 0.6 is 15.9 Å². The molecule has 0 bridgehead atoms. The van der Waals surface area contributed by atoms with Gasteiger partial charge in [0.1, 0.15) is 22.4 Å². The third-order valence-corrected chi connectivity index (χ3v) is 3.19. The summed E-state index contributed by atoms with van der Waals surface area (Å²) < 4.78 is 0.864. The first-order valence-electron chi connectivity index (χ1n) is 5.83. The molecule has 2 rings (SSSR count). The quantitative estimate of drug-likeness (QED) is 0.890. The number of aromatic nitrogens is 2. The summed E-state index contributed by atoms with van der Waals surface area (Å²) in [6.07, 6.45) is 1.55. The van der Waals surface area contributed by atoms with Crippen molar-refractivity contribution in [3.8, 4) is 0 Å². The second kappa shape index (κ2) is 6.35. The first-order valence-corrected chi connectivity index (χ1v) is 6.62. The molecule has 2 aromatic rings. The Labute approximate surface area is 115 Å². The fourth-order valence-electron chi connectivity index (χ4n) is 1.57. The zero-order valence-electron chi connectivity index (χ0n) is 10.2. The molecule has 1 aromatic carbocycles. The Balaban J connectivity index is 2.08. The van der Waals surface area contributed by atoms with Gasteiger partial charge < -0.3 is 10.6 Å². The number of nitrogens with zero attached hydrogens (tertiary/aromatic N) is 2. The Morgan fingerprint density at radius 3 is 2.39 bits per heavy atom. The molecule has 0 fully saturated rings. The maximum Gasteiger partial charge on any atom is 0.146 e. The third kappa shape index (κ3) is 3.20. The lowest BCUT2D eigenvalue weighted by Gasteiger charge is -2.10. The standard InChI is InChI=1S/C13H15BrN4/c1-2-15-12-11(14)13(18-9-17-12)16-8-10-6-4-3-5-7-10/h3-7,9H,2,8H2,1H3,(H2,15,16,17,18). The number of rotatable bonds is 5. The molecule has 1 aromatic heterocycles. The average molecular weight is 307 g/mol. The maximum absolute atomic E-state index is 4.23. The number of benzene rings is 1. The van der Waals surface area contributed by atoms with E-state index in [-0.39, 0.29) is 0 Å². The average Bonchev–Trinajstić information content (AvgIpc) is 2.41. The van der Waals surface area contributed by atoms with Gasteiger partial charge in [0.05, 0.1) is 0 Å². The molecule has 0 aliphatic heterocycles. The van der Waals surface area contributed by atoms with Gasteiger partial charge in [-0.3, -0.25) is 0 Å². The van der Waals surface area contributed by atoms with Gasteiger partial charge in [-0.1, -0.05) is 30.3 Å². The summed E-state index contributed by atoms with van der Waals surface area (Å²) in [5.74, 6) is 1.60. The highest BCUT2D eigenvalue weighted by Crippen LogP contribution is 2.26. The first kappa shape index (κ1) is 12.8. The molecule has 5 heteroatoms. The summed E-state index contributed by atoms with van der Waals surface area (Å²) in [5, 5.41) is 6.47. The molecular weight excluding hydrogens is 292 g/mol. The third-order valence-electron chi connectivity index (χ3n) is 2.44. The van der Waals surface area contributed by atoms with Crippen LogP contribution in [0.15, 0.2) is 41.1 Å². The van der Waals surface area contributed by atoms with Gasteiger partial charge in [-0.2, -0.15) is 0 Å². The van der Waals surface area contributed by atoms with Gasteiger partial charge >= 0.3 is 0 Å². The van der Waals surface area contributed by atoms with Crippen molar-refractivity contribution in [1.29, 1.82) is 0 Å². The van der Waals surface area contributed by atoms with Gasteiger partial charge in [0.15, 0.2) is 0 Å². The first-order chi connectivity index (χ1) is 8.81. The molecule has 0 radical (unpaired) electrons. The highest BCUT2D eigenvalue weighted by atomic mass is 79.9. The molecule has 0 aliphatic carbocycles. The molecule has 1 heterocycles. The molecule has 0 unspecified atom stereocenters. The number of hydrogen-bond acceptors (Lipinski definition) is 4. The van der Waals surface area contributed by atoms with Gasteiger partial charge in [0.25, 0.3) is 0 Å². The fraction of sp³-hybridized carbons (Fsp3) is 0.231. The second-order valence-corrected chi connectivity index (χ2v) is 4.55. The van der Waals surface area contributed by atoms with Crippen LogP contribution in [0.2, 0.25) is 0 Å². The minimum Gasteiger partial charge on any atom is -0.369 e. The van der Waals surface area contributed by atoms with E-state index in [1.807, 2.05) is 25.1 Å². The van der Waals surface area contributed by atoms with E-state index in [9.17, 15) is 0 Å².